The van der Waals surface area contributed by atoms with Crippen molar-refractivity contribution in [1.82, 2.24) is 0 Å². The van der Waals surface area contributed by atoms with Gasteiger partial charge >= 0.3 is 0 Å². The van der Waals surface area contributed by atoms with Gasteiger partial charge < -0.3 is 9.47 Å². The molecule has 0 fully saturated rings. The molecule has 14 heavy (non-hydrogen) atoms. The Balaban J connectivity index is 2.53. The number of carbonyl (C=O) groups is 1. The second kappa shape index (κ2) is 3.88. The van der Waals surface area contributed by atoms with E-state index in [4.69, 9.17) is 21.1 Å². The summed E-state index contributed by atoms with van der Waals surface area (Å²) in [4.78, 5) is 10.8. The molecule has 2 rings (SSSR count). The van der Waals surface area contributed by atoms with Gasteiger partial charge in [0.2, 0.25) is 0 Å². The van der Waals surface area contributed by atoms with Crippen LogP contribution in [-0.4, -0.2) is 19.5 Å². The first-order chi connectivity index (χ1) is 6.83. The van der Waals surface area contributed by atoms with Gasteiger partial charge in [0.25, 0.3) is 0 Å². The van der Waals surface area contributed by atoms with Crippen molar-refractivity contribution < 1.29 is 14.3 Å². The molecular formula is C10H9ClO3. The summed E-state index contributed by atoms with van der Waals surface area (Å²) in [5.41, 5.74) is 0.367. The summed E-state index contributed by atoms with van der Waals surface area (Å²) < 4.78 is 10.8. The third-order valence-electron chi connectivity index (χ3n) is 2.02. The van der Waals surface area contributed by atoms with Crippen LogP contribution >= 0.6 is 11.6 Å². The SMILES string of the molecule is O=Cc1c(Cl)ccc2c1OCCCO2. The second-order valence-corrected chi connectivity index (χ2v) is 3.36. The van der Waals surface area contributed by atoms with Gasteiger partial charge in [-0.15, -0.1) is 0 Å². The molecule has 1 aromatic carbocycles. The van der Waals surface area contributed by atoms with Crippen LogP contribution in [0, 0.1) is 0 Å². The first-order valence-electron chi connectivity index (χ1n) is 4.36. The lowest BCUT2D eigenvalue weighted by atomic mass is 10.2. The van der Waals surface area contributed by atoms with Gasteiger partial charge in [-0.05, 0) is 12.1 Å². The van der Waals surface area contributed by atoms with Gasteiger partial charge in [0.1, 0.15) is 0 Å². The maximum Gasteiger partial charge on any atom is 0.173 e. The molecule has 4 heteroatoms. The number of carbonyl (C=O) groups excluding carboxylic acids is 1. The van der Waals surface area contributed by atoms with Crippen LogP contribution in [0.1, 0.15) is 16.8 Å². The third kappa shape index (κ3) is 1.55. The fourth-order valence-corrected chi connectivity index (χ4v) is 1.54. The van der Waals surface area contributed by atoms with Crippen molar-refractivity contribution >= 4 is 17.9 Å². The molecule has 0 saturated heterocycles. The average Bonchev–Trinajstić information content (AvgIpc) is 2.42. The smallest absolute Gasteiger partial charge is 0.173 e. The van der Waals surface area contributed by atoms with Crippen molar-refractivity contribution in [3.8, 4) is 11.5 Å². The zero-order chi connectivity index (χ0) is 9.97. The predicted octanol–water partition coefficient (Wildman–Crippen LogP) is 2.31. The van der Waals surface area contributed by atoms with E-state index in [-0.39, 0.29) is 0 Å². The van der Waals surface area contributed by atoms with Crippen molar-refractivity contribution in [3.05, 3.63) is 22.7 Å². The molecule has 1 aliphatic rings. The second-order valence-electron chi connectivity index (χ2n) is 2.96. The van der Waals surface area contributed by atoms with Gasteiger partial charge in [-0.25, -0.2) is 0 Å². The number of halogens is 1. The molecule has 74 valence electrons. The van der Waals surface area contributed by atoms with Crippen molar-refractivity contribution in [2.45, 2.75) is 6.42 Å². The Morgan fingerprint density at radius 1 is 1.29 bits per heavy atom. The third-order valence-corrected chi connectivity index (χ3v) is 2.35. The van der Waals surface area contributed by atoms with Crippen molar-refractivity contribution in [1.29, 1.82) is 0 Å². The Morgan fingerprint density at radius 2 is 2.07 bits per heavy atom. The van der Waals surface area contributed by atoms with Crippen LogP contribution < -0.4 is 9.47 Å². The maximum atomic E-state index is 10.8. The van der Waals surface area contributed by atoms with Crippen LogP contribution in [0.15, 0.2) is 12.1 Å². The number of benzene rings is 1. The van der Waals surface area contributed by atoms with Crippen LogP contribution in [0.4, 0.5) is 0 Å². The molecule has 0 amide bonds. The quantitative estimate of drug-likeness (QED) is 0.671. The van der Waals surface area contributed by atoms with E-state index in [0.29, 0.717) is 41.6 Å². The van der Waals surface area contributed by atoms with E-state index in [1.807, 2.05) is 0 Å². The summed E-state index contributed by atoms with van der Waals surface area (Å²) in [5, 5.41) is 0.393. The van der Waals surface area contributed by atoms with Crippen LogP contribution in [0.2, 0.25) is 5.02 Å². The van der Waals surface area contributed by atoms with E-state index in [1.54, 1.807) is 12.1 Å². The number of rotatable bonds is 1. The Bertz CT molecular complexity index is 363. The van der Waals surface area contributed by atoms with E-state index < -0.39 is 0 Å². The van der Waals surface area contributed by atoms with Crippen LogP contribution in [0.25, 0.3) is 0 Å². The summed E-state index contributed by atoms with van der Waals surface area (Å²) in [6.45, 7) is 1.15. The Hall–Kier alpha value is -1.22. The molecule has 0 aromatic heterocycles. The van der Waals surface area contributed by atoms with Gasteiger partial charge in [0.15, 0.2) is 17.8 Å². The largest absolute Gasteiger partial charge is 0.490 e. The highest BCUT2D eigenvalue weighted by Gasteiger charge is 2.16. The number of hydrogen-bond acceptors (Lipinski definition) is 3. The minimum atomic E-state index is 0.367. The zero-order valence-corrected chi connectivity index (χ0v) is 8.21. The minimum Gasteiger partial charge on any atom is -0.490 e. The highest BCUT2D eigenvalue weighted by molar-refractivity contribution is 6.33. The van der Waals surface area contributed by atoms with E-state index in [2.05, 4.69) is 0 Å². The van der Waals surface area contributed by atoms with Gasteiger partial charge in [-0.2, -0.15) is 0 Å². The van der Waals surface area contributed by atoms with Crippen LogP contribution in [0.5, 0.6) is 11.5 Å². The molecule has 3 nitrogen and oxygen atoms in total. The van der Waals surface area contributed by atoms with Crippen molar-refractivity contribution in [2.75, 3.05) is 13.2 Å². The summed E-state index contributed by atoms with van der Waals surface area (Å²) >= 11 is 5.85. The number of ether oxygens (including phenoxy) is 2. The lowest BCUT2D eigenvalue weighted by Gasteiger charge is -2.09. The maximum absolute atomic E-state index is 10.8. The fourth-order valence-electron chi connectivity index (χ4n) is 1.34. The minimum absolute atomic E-state index is 0.367. The van der Waals surface area contributed by atoms with E-state index in [9.17, 15) is 4.79 Å². The molecule has 0 aliphatic carbocycles. The fraction of sp³-hybridized carbons (Fsp3) is 0.300. The molecule has 0 radical (unpaired) electrons. The average molecular weight is 213 g/mol. The molecule has 0 spiro atoms. The van der Waals surface area contributed by atoms with Crippen molar-refractivity contribution in [3.63, 3.8) is 0 Å². The standard InChI is InChI=1S/C10H9ClO3/c11-8-2-3-9-10(7(8)6-12)14-5-1-4-13-9/h2-3,6H,1,4-5H2. The first kappa shape index (κ1) is 9.34. The molecule has 1 heterocycles. The monoisotopic (exact) mass is 212 g/mol. The van der Waals surface area contributed by atoms with Crippen molar-refractivity contribution in [2.24, 2.45) is 0 Å². The molecule has 0 N–H and O–H groups in total. The molecule has 0 unspecified atom stereocenters. The van der Waals surface area contributed by atoms with Gasteiger partial charge in [-0.1, -0.05) is 11.6 Å². The Morgan fingerprint density at radius 3 is 2.86 bits per heavy atom. The topological polar surface area (TPSA) is 35.5 Å². The number of fused-ring (bicyclic) bond motifs is 1. The number of aldehydes is 1. The normalized spacial score (nSPS) is 14.6. The highest BCUT2D eigenvalue weighted by atomic mass is 35.5. The highest BCUT2D eigenvalue weighted by Crippen LogP contribution is 2.36. The van der Waals surface area contributed by atoms with Gasteiger partial charge in [0, 0.05) is 6.42 Å². The molecule has 0 bridgehead atoms. The van der Waals surface area contributed by atoms with E-state index in [1.165, 1.54) is 0 Å². The predicted molar refractivity (Wildman–Crippen MR) is 52.4 cm³/mol. The van der Waals surface area contributed by atoms with E-state index in [0.717, 1.165) is 6.42 Å². The lowest BCUT2D eigenvalue weighted by molar-refractivity contribution is 0.111. The Kier molecular flexibility index (Phi) is 2.59. The van der Waals surface area contributed by atoms with Gasteiger partial charge in [0.05, 0.1) is 23.8 Å². The van der Waals surface area contributed by atoms with Crippen LogP contribution in [0.3, 0.4) is 0 Å². The summed E-state index contributed by atoms with van der Waals surface area (Å²) in [5.74, 6) is 1.05. The summed E-state index contributed by atoms with van der Waals surface area (Å²) in [7, 11) is 0. The summed E-state index contributed by atoms with van der Waals surface area (Å²) in [6.07, 6.45) is 1.50. The molecule has 1 aliphatic heterocycles. The summed E-state index contributed by atoms with van der Waals surface area (Å²) in [6, 6.07) is 3.36. The Labute approximate surface area is 86.6 Å². The molecular weight excluding hydrogens is 204 g/mol. The van der Waals surface area contributed by atoms with Crippen LogP contribution in [-0.2, 0) is 0 Å². The first-order valence-corrected chi connectivity index (χ1v) is 4.74. The van der Waals surface area contributed by atoms with E-state index >= 15 is 0 Å². The zero-order valence-electron chi connectivity index (χ0n) is 7.46. The number of hydrogen-bond donors (Lipinski definition) is 0. The lowest BCUT2D eigenvalue weighted by Crippen LogP contribution is -1.98. The van der Waals surface area contributed by atoms with Gasteiger partial charge in [-0.3, -0.25) is 4.79 Å². The molecule has 1 aromatic rings. The molecule has 0 atom stereocenters. The molecule has 0 saturated carbocycles.